The van der Waals surface area contributed by atoms with Crippen molar-refractivity contribution >= 4 is 28.2 Å². The highest BCUT2D eigenvalue weighted by Gasteiger charge is 2.36. The molecule has 0 saturated carbocycles. The number of likely N-dealkylation sites (N-methyl/N-ethyl adjacent to an activating group) is 1. The van der Waals surface area contributed by atoms with E-state index >= 15 is 0 Å². The van der Waals surface area contributed by atoms with Gasteiger partial charge in [-0.15, -0.1) is 0 Å². The maximum atomic E-state index is 13.5. The van der Waals surface area contributed by atoms with E-state index in [1.165, 1.54) is 6.07 Å². The summed E-state index contributed by atoms with van der Waals surface area (Å²) < 4.78 is 49.8. The summed E-state index contributed by atoms with van der Waals surface area (Å²) in [6.45, 7) is 5.80. The summed E-state index contributed by atoms with van der Waals surface area (Å²) in [6.07, 6.45) is 1.19. The van der Waals surface area contributed by atoms with Crippen molar-refractivity contribution in [3.63, 3.8) is 0 Å². The van der Waals surface area contributed by atoms with Crippen molar-refractivity contribution in [3.05, 3.63) is 88.5 Å². The molecule has 3 aliphatic heterocycles. The van der Waals surface area contributed by atoms with Crippen molar-refractivity contribution in [2.75, 3.05) is 39.9 Å². The SMILES string of the molecule is Cc1c(-c2nc3cc(CN4CCC[C@H]4C(=O)O)c(OC(F)F)cc3o2)cccc1-c1cccc(-c2nc3cc(CN4CC(N(C)C5COC5)C4)cc(C#N)c3o2)c1C. The molecule has 0 unspecified atom stereocenters. The van der Waals surface area contributed by atoms with E-state index in [0.29, 0.717) is 76.6 Å². The second-order valence-electron chi connectivity index (χ2n) is 15.6. The van der Waals surface area contributed by atoms with Gasteiger partial charge in [-0.3, -0.25) is 19.5 Å². The Hall–Kier alpha value is -5.72. The van der Waals surface area contributed by atoms with Crippen LogP contribution in [0.5, 0.6) is 5.75 Å². The fraction of sp³-hybridized carbons (Fsp3) is 0.364. The van der Waals surface area contributed by atoms with Gasteiger partial charge in [0, 0.05) is 55.0 Å². The first-order chi connectivity index (χ1) is 28.0. The number of hydrogen-bond donors (Lipinski definition) is 1. The lowest BCUT2D eigenvalue weighted by atomic mass is 9.91. The van der Waals surface area contributed by atoms with Crippen molar-refractivity contribution in [2.45, 2.75) is 64.5 Å². The van der Waals surface area contributed by atoms with Crippen LogP contribution in [-0.4, -0.2) is 100 Å². The summed E-state index contributed by atoms with van der Waals surface area (Å²) in [6, 6.07) is 21.3. The van der Waals surface area contributed by atoms with Crippen LogP contribution < -0.4 is 4.74 Å². The van der Waals surface area contributed by atoms with E-state index < -0.39 is 18.6 Å². The number of nitrogens with zero attached hydrogens (tertiary/aromatic N) is 6. The molecule has 3 aliphatic rings. The number of fused-ring (bicyclic) bond motifs is 2. The molecular formula is C44H42F2N6O6. The van der Waals surface area contributed by atoms with Gasteiger partial charge < -0.3 is 23.4 Å². The quantitative estimate of drug-likeness (QED) is 0.130. The number of ether oxygens (including phenoxy) is 2. The molecule has 0 radical (unpaired) electrons. The van der Waals surface area contributed by atoms with Crippen LogP contribution in [-0.2, 0) is 22.6 Å². The van der Waals surface area contributed by atoms with Gasteiger partial charge >= 0.3 is 12.6 Å². The van der Waals surface area contributed by atoms with E-state index in [2.05, 4.69) is 22.9 Å². The number of benzene rings is 4. The van der Waals surface area contributed by atoms with Crippen LogP contribution in [0.15, 0.2) is 69.5 Å². The van der Waals surface area contributed by atoms with Crippen molar-refractivity contribution in [3.8, 4) is 45.9 Å². The molecule has 6 aromatic rings. The van der Waals surface area contributed by atoms with Gasteiger partial charge in [0.15, 0.2) is 11.2 Å². The zero-order valence-electron chi connectivity index (χ0n) is 32.4. The van der Waals surface area contributed by atoms with Crippen molar-refractivity contribution in [1.82, 2.24) is 24.7 Å². The Bertz CT molecular complexity index is 2590. The Labute approximate surface area is 333 Å². The van der Waals surface area contributed by atoms with Gasteiger partial charge in [0.1, 0.15) is 28.9 Å². The van der Waals surface area contributed by atoms with Crippen LogP contribution >= 0.6 is 0 Å². The number of aromatic nitrogens is 2. The fourth-order valence-electron chi connectivity index (χ4n) is 8.60. The minimum atomic E-state index is -3.07. The number of carboxylic acid groups (broad SMARTS) is 1. The molecule has 0 spiro atoms. The monoisotopic (exact) mass is 788 g/mol. The average Bonchev–Trinajstić information content (AvgIpc) is 3.91. The number of oxazole rings is 2. The van der Waals surface area contributed by atoms with Gasteiger partial charge in [-0.1, -0.05) is 24.3 Å². The lowest BCUT2D eigenvalue weighted by Crippen LogP contribution is -2.63. The summed E-state index contributed by atoms with van der Waals surface area (Å²) in [5, 5.41) is 19.8. The smallest absolute Gasteiger partial charge is 0.387 e. The molecule has 1 atom stereocenters. The first kappa shape index (κ1) is 37.8. The highest BCUT2D eigenvalue weighted by molar-refractivity contribution is 5.86. The third kappa shape index (κ3) is 6.98. The molecule has 5 heterocycles. The Morgan fingerprint density at radius 2 is 1.62 bits per heavy atom. The number of hydrogen-bond acceptors (Lipinski definition) is 11. The maximum Gasteiger partial charge on any atom is 0.387 e. The summed E-state index contributed by atoms with van der Waals surface area (Å²) >= 11 is 0. The summed E-state index contributed by atoms with van der Waals surface area (Å²) in [7, 11) is 2.17. The predicted octanol–water partition coefficient (Wildman–Crippen LogP) is 7.62. The molecule has 2 aromatic heterocycles. The largest absolute Gasteiger partial charge is 0.480 e. The van der Waals surface area contributed by atoms with Crippen molar-refractivity contribution in [2.24, 2.45) is 0 Å². The second-order valence-corrected chi connectivity index (χ2v) is 15.6. The lowest BCUT2D eigenvalue weighted by molar-refractivity contribution is -0.142. The van der Waals surface area contributed by atoms with Gasteiger partial charge in [0.05, 0.1) is 24.8 Å². The van der Waals surface area contributed by atoms with Gasteiger partial charge in [-0.25, -0.2) is 9.97 Å². The number of carboxylic acids is 1. The van der Waals surface area contributed by atoms with E-state index in [4.69, 9.17) is 28.3 Å². The van der Waals surface area contributed by atoms with Crippen molar-refractivity contribution in [1.29, 1.82) is 5.26 Å². The predicted molar refractivity (Wildman–Crippen MR) is 211 cm³/mol. The normalized spacial score (nSPS) is 18.0. The van der Waals surface area contributed by atoms with E-state index in [0.717, 1.165) is 66.2 Å². The highest BCUT2D eigenvalue weighted by atomic mass is 19.3. The third-order valence-electron chi connectivity index (χ3n) is 12.0. The van der Waals surface area contributed by atoms with Gasteiger partial charge in [-0.2, -0.15) is 14.0 Å². The molecule has 58 heavy (non-hydrogen) atoms. The highest BCUT2D eigenvalue weighted by Crippen LogP contribution is 2.39. The third-order valence-corrected chi connectivity index (χ3v) is 12.0. The lowest BCUT2D eigenvalue weighted by Gasteiger charge is -2.48. The Morgan fingerprint density at radius 3 is 2.26 bits per heavy atom. The van der Waals surface area contributed by atoms with Crippen LogP contribution in [0.1, 0.15) is 40.7 Å². The molecular weight excluding hydrogens is 747 g/mol. The van der Waals surface area contributed by atoms with E-state index in [9.17, 15) is 23.9 Å². The number of nitriles is 1. The van der Waals surface area contributed by atoms with Gasteiger partial charge in [0.25, 0.3) is 0 Å². The molecule has 14 heteroatoms. The van der Waals surface area contributed by atoms with E-state index in [1.807, 2.05) is 62.4 Å². The minimum absolute atomic E-state index is 0.0792. The minimum Gasteiger partial charge on any atom is -0.480 e. The maximum absolute atomic E-state index is 13.5. The summed E-state index contributed by atoms with van der Waals surface area (Å²) in [4.78, 5) is 28.0. The molecule has 9 rings (SSSR count). The zero-order chi connectivity index (χ0) is 40.2. The number of rotatable bonds is 12. The van der Waals surface area contributed by atoms with Crippen LogP contribution in [0.2, 0.25) is 0 Å². The number of carbonyl (C=O) groups is 1. The molecule has 3 fully saturated rings. The topological polar surface area (TPSA) is 141 Å². The molecule has 12 nitrogen and oxygen atoms in total. The molecule has 4 aromatic carbocycles. The number of alkyl halides is 2. The van der Waals surface area contributed by atoms with Crippen molar-refractivity contribution < 1.29 is 37.0 Å². The van der Waals surface area contributed by atoms with Gasteiger partial charge in [0.2, 0.25) is 11.8 Å². The number of aliphatic carboxylic acids is 1. The van der Waals surface area contributed by atoms with Crippen LogP contribution in [0.25, 0.3) is 56.2 Å². The second kappa shape index (κ2) is 15.2. The summed E-state index contributed by atoms with van der Waals surface area (Å²) in [5.74, 6) is -0.295. The number of halogens is 2. The standard InChI is InChI=1S/C44H42F2N6O6/c1-24-31(7-4-9-33(24)41-48-35-15-28(19-52-12-6-11-37(52)43(53)54)38(57-44(45)46)16-39(35)56-41)32-8-5-10-34(25(32)2)42-49-36-14-26(13-27(17-47)40(36)58-42)18-51-20-29(21-51)50(3)30-22-55-23-30/h4-5,7-10,13-16,29-30,37,44H,6,11-12,18-23H2,1-3H3,(H,53,54)/t37-/m0/s1. The molecule has 1 N–H and O–H groups in total. The molecule has 0 amide bonds. The molecule has 0 aliphatic carbocycles. The van der Waals surface area contributed by atoms with Gasteiger partial charge in [-0.05, 0) is 98.4 Å². The Kier molecular flexibility index (Phi) is 9.93. The van der Waals surface area contributed by atoms with Crippen LogP contribution in [0, 0.1) is 25.2 Å². The van der Waals surface area contributed by atoms with Crippen LogP contribution in [0.4, 0.5) is 8.78 Å². The Morgan fingerprint density at radius 1 is 0.948 bits per heavy atom. The zero-order valence-corrected chi connectivity index (χ0v) is 32.4. The van der Waals surface area contributed by atoms with E-state index in [-0.39, 0.29) is 17.9 Å². The first-order valence-corrected chi connectivity index (χ1v) is 19.5. The molecule has 298 valence electrons. The first-order valence-electron chi connectivity index (χ1n) is 19.5. The average molecular weight is 789 g/mol. The van der Waals surface area contributed by atoms with Crippen LogP contribution in [0.3, 0.4) is 0 Å². The number of likely N-dealkylation sites (tertiary alicyclic amines) is 2. The Balaban J connectivity index is 0.996. The van der Waals surface area contributed by atoms with E-state index in [1.54, 1.807) is 11.0 Å². The molecule has 3 saturated heterocycles. The summed E-state index contributed by atoms with van der Waals surface area (Å²) in [5.41, 5.74) is 8.86. The molecule has 0 bridgehead atoms. The fourth-order valence-corrected chi connectivity index (χ4v) is 8.60.